The van der Waals surface area contributed by atoms with Crippen LogP contribution < -0.4 is 4.74 Å². The number of ether oxygens (including phenoxy) is 1. The van der Waals surface area contributed by atoms with E-state index in [1.807, 2.05) is 19.0 Å². The van der Waals surface area contributed by atoms with Gasteiger partial charge in [-0.3, -0.25) is 9.59 Å². The van der Waals surface area contributed by atoms with Gasteiger partial charge >= 0.3 is 0 Å². The van der Waals surface area contributed by atoms with Crippen LogP contribution in [0.4, 0.5) is 0 Å². The monoisotopic (exact) mass is 327 g/mol. The lowest BCUT2D eigenvalue weighted by atomic mass is 9.82. The predicted octanol–water partition coefficient (Wildman–Crippen LogP) is 1.94. The second-order valence-electron chi connectivity index (χ2n) is 6.00. The van der Waals surface area contributed by atoms with E-state index in [4.69, 9.17) is 4.74 Å². The Morgan fingerprint density at radius 1 is 0.917 bits per heavy atom. The fraction of sp³-hybridized carbons (Fsp3) is 0.222. The molecule has 0 saturated heterocycles. The summed E-state index contributed by atoms with van der Waals surface area (Å²) in [5, 5.41) is 20.4. The number of hydrogen-bond donors (Lipinski definition) is 2. The molecule has 24 heavy (non-hydrogen) atoms. The molecule has 0 bridgehead atoms. The van der Waals surface area contributed by atoms with Crippen LogP contribution in [-0.2, 0) is 6.54 Å². The number of carbonyl (C=O) groups is 2. The number of nitrogens with zero attached hydrogens (tertiary/aromatic N) is 1. The minimum Gasteiger partial charge on any atom is -0.507 e. The van der Waals surface area contributed by atoms with E-state index in [2.05, 4.69) is 0 Å². The van der Waals surface area contributed by atoms with Crippen LogP contribution in [0.1, 0.15) is 37.4 Å². The van der Waals surface area contributed by atoms with Gasteiger partial charge in [-0.25, -0.2) is 0 Å². The van der Waals surface area contributed by atoms with Gasteiger partial charge in [0.1, 0.15) is 17.2 Å². The number of methoxy groups -OCH3 is 1. The summed E-state index contributed by atoms with van der Waals surface area (Å²) in [6.45, 7) is 0.512. The average molecular weight is 327 g/mol. The molecular weight excluding hydrogens is 310 g/mol. The second kappa shape index (κ2) is 5.65. The van der Waals surface area contributed by atoms with Crippen molar-refractivity contribution in [3.8, 4) is 17.2 Å². The topological polar surface area (TPSA) is 87.1 Å². The molecule has 0 spiro atoms. The highest BCUT2D eigenvalue weighted by atomic mass is 16.5. The van der Waals surface area contributed by atoms with Gasteiger partial charge in [-0.15, -0.1) is 0 Å². The largest absolute Gasteiger partial charge is 0.507 e. The van der Waals surface area contributed by atoms with Crippen molar-refractivity contribution in [2.75, 3.05) is 21.2 Å². The number of hydrogen-bond acceptors (Lipinski definition) is 6. The lowest BCUT2D eigenvalue weighted by molar-refractivity contribution is 0.0973. The van der Waals surface area contributed by atoms with Crippen LogP contribution >= 0.6 is 0 Å². The maximum Gasteiger partial charge on any atom is 0.201 e. The molecule has 0 aliphatic heterocycles. The molecular formula is C18H17NO5. The van der Waals surface area contributed by atoms with Gasteiger partial charge in [0.15, 0.2) is 5.78 Å². The van der Waals surface area contributed by atoms with Crippen molar-refractivity contribution in [3.05, 3.63) is 52.1 Å². The van der Waals surface area contributed by atoms with Gasteiger partial charge in [0.05, 0.1) is 18.2 Å². The smallest absolute Gasteiger partial charge is 0.201 e. The Bertz CT molecular complexity index is 870. The SMILES string of the molecule is COc1cc(O)c2c(c1)C(=O)c1cc(CN(C)C)cc(O)c1C2=O. The minimum absolute atomic E-state index is 0.0736. The lowest BCUT2D eigenvalue weighted by Gasteiger charge is -2.21. The molecule has 2 aromatic rings. The number of aromatic hydroxyl groups is 2. The number of fused-ring (bicyclic) bond motifs is 2. The van der Waals surface area contributed by atoms with Gasteiger partial charge in [-0.1, -0.05) is 0 Å². The molecule has 2 aromatic carbocycles. The van der Waals surface area contributed by atoms with Crippen molar-refractivity contribution in [2.45, 2.75) is 6.54 Å². The molecule has 124 valence electrons. The first-order valence-corrected chi connectivity index (χ1v) is 7.34. The molecule has 0 aromatic heterocycles. The van der Waals surface area contributed by atoms with Gasteiger partial charge in [-0.2, -0.15) is 0 Å². The normalized spacial score (nSPS) is 13.0. The number of phenols is 2. The first-order chi connectivity index (χ1) is 11.3. The van der Waals surface area contributed by atoms with Crippen LogP contribution in [0.5, 0.6) is 17.2 Å². The Kier molecular flexibility index (Phi) is 3.77. The highest BCUT2D eigenvalue weighted by Gasteiger charge is 2.35. The van der Waals surface area contributed by atoms with E-state index < -0.39 is 11.6 Å². The van der Waals surface area contributed by atoms with Gasteiger partial charge in [0, 0.05) is 23.7 Å². The zero-order valence-corrected chi connectivity index (χ0v) is 13.6. The molecule has 1 aliphatic carbocycles. The summed E-state index contributed by atoms with van der Waals surface area (Å²) in [4.78, 5) is 27.4. The highest BCUT2D eigenvalue weighted by Crippen LogP contribution is 2.39. The molecule has 0 heterocycles. The van der Waals surface area contributed by atoms with E-state index in [0.29, 0.717) is 12.1 Å². The highest BCUT2D eigenvalue weighted by molar-refractivity contribution is 6.30. The van der Waals surface area contributed by atoms with Crippen LogP contribution in [0, 0.1) is 0 Å². The standard InChI is InChI=1S/C18H17NO5/c1-19(2)8-9-4-11-15(13(20)5-9)18(23)16-12(17(11)22)6-10(24-3)7-14(16)21/h4-7,20-21H,8H2,1-3H3. The maximum atomic E-state index is 12.8. The summed E-state index contributed by atoms with van der Waals surface area (Å²) in [5.41, 5.74) is 0.746. The molecule has 0 radical (unpaired) electrons. The molecule has 0 fully saturated rings. The molecule has 0 amide bonds. The van der Waals surface area contributed by atoms with Crippen molar-refractivity contribution >= 4 is 11.6 Å². The zero-order chi connectivity index (χ0) is 17.6. The van der Waals surface area contributed by atoms with Crippen LogP contribution in [-0.4, -0.2) is 47.9 Å². The summed E-state index contributed by atoms with van der Waals surface area (Å²) in [6.07, 6.45) is 0. The third-order valence-electron chi connectivity index (χ3n) is 3.95. The Morgan fingerprint density at radius 2 is 1.50 bits per heavy atom. The Balaban J connectivity index is 2.23. The van der Waals surface area contributed by atoms with E-state index in [1.165, 1.54) is 25.3 Å². The molecule has 0 atom stereocenters. The van der Waals surface area contributed by atoms with Crippen LogP contribution in [0.15, 0.2) is 24.3 Å². The zero-order valence-electron chi connectivity index (χ0n) is 13.6. The van der Waals surface area contributed by atoms with Crippen molar-refractivity contribution in [1.82, 2.24) is 4.90 Å². The number of phenolic OH excluding ortho intramolecular Hbond substituents is 2. The third kappa shape index (κ3) is 2.41. The third-order valence-corrected chi connectivity index (χ3v) is 3.95. The minimum atomic E-state index is -0.575. The fourth-order valence-electron chi connectivity index (χ4n) is 2.97. The Hall–Kier alpha value is -2.86. The molecule has 2 N–H and O–H groups in total. The molecule has 6 heteroatoms. The van der Waals surface area contributed by atoms with Crippen LogP contribution in [0.25, 0.3) is 0 Å². The number of rotatable bonds is 3. The van der Waals surface area contributed by atoms with Gasteiger partial charge in [0.2, 0.25) is 5.78 Å². The summed E-state index contributed by atoms with van der Waals surface area (Å²) in [6, 6.07) is 5.77. The summed E-state index contributed by atoms with van der Waals surface area (Å²) >= 11 is 0. The first-order valence-electron chi connectivity index (χ1n) is 7.34. The van der Waals surface area contributed by atoms with E-state index in [0.717, 1.165) is 0 Å². The van der Waals surface area contributed by atoms with E-state index >= 15 is 0 Å². The molecule has 0 unspecified atom stereocenters. The molecule has 6 nitrogen and oxygen atoms in total. The molecule has 3 rings (SSSR count). The predicted molar refractivity (Wildman–Crippen MR) is 87.0 cm³/mol. The Labute approximate surface area is 138 Å². The summed E-state index contributed by atoms with van der Waals surface area (Å²) < 4.78 is 5.05. The van der Waals surface area contributed by atoms with Gasteiger partial charge < -0.3 is 19.8 Å². The van der Waals surface area contributed by atoms with Gasteiger partial charge in [-0.05, 0) is 37.9 Å². The van der Waals surface area contributed by atoms with Crippen molar-refractivity contribution in [2.24, 2.45) is 0 Å². The second-order valence-corrected chi connectivity index (χ2v) is 6.00. The van der Waals surface area contributed by atoms with Crippen LogP contribution in [0.2, 0.25) is 0 Å². The molecule has 0 saturated carbocycles. The first kappa shape index (κ1) is 16.0. The van der Waals surface area contributed by atoms with Gasteiger partial charge in [0.25, 0.3) is 0 Å². The fourth-order valence-corrected chi connectivity index (χ4v) is 2.97. The maximum absolute atomic E-state index is 12.8. The van der Waals surface area contributed by atoms with Crippen molar-refractivity contribution < 1.29 is 24.5 Å². The summed E-state index contributed by atoms with van der Waals surface area (Å²) in [5.74, 6) is -1.32. The average Bonchev–Trinajstić information content (AvgIpc) is 2.50. The molecule has 1 aliphatic rings. The lowest BCUT2D eigenvalue weighted by Crippen LogP contribution is -2.22. The van der Waals surface area contributed by atoms with E-state index in [9.17, 15) is 19.8 Å². The van der Waals surface area contributed by atoms with Crippen molar-refractivity contribution in [1.29, 1.82) is 0 Å². The summed E-state index contributed by atoms with van der Waals surface area (Å²) in [7, 11) is 5.13. The van der Waals surface area contributed by atoms with Crippen LogP contribution in [0.3, 0.4) is 0 Å². The quantitative estimate of drug-likeness (QED) is 0.764. The number of ketones is 2. The van der Waals surface area contributed by atoms with E-state index in [-0.39, 0.29) is 39.5 Å². The van der Waals surface area contributed by atoms with Crippen molar-refractivity contribution in [3.63, 3.8) is 0 Å². The number of benzene rings is 2. The van der Waals surface area contributed by atoms with E-state index in [1.54, 1.807) is 6.07 Å². The number of carbonyl (C=O) groups excluding carboxylic acids is 2. The Morgan fingerprint density at radius 3 is 2.08 bits per heavy atom.